The maximum atomic E-state index is 13.1. The molecule has 0 fully saturated rings. The molecule has 1 nitrogen and oxygen atoms in total. The Morgan fingerprint density at radius 1 is 1.06 bits per heavy atom. The van der Waals surface area contributed by atoms with E-state index in [1.165, 1.54) is 18.2 Å². The summed E-state index contributed by atoms with van der Waals surface area (Å²) < 4.78 is 14.1. The summed E-state index contributed by atoms with van der Waals surface area (Å²) in [6, 6.07) is 11.5. The van der Waals surface area contributed by atoms with Gasteiger partial charge in [0.05, 0.1) is 0 Å². The summed E-state index contributed by atoms with van der Waals surface area (Å²) in [5.41, 5.74) is 1.93. The van der Waals surface area contributed by atoms with Gasteiger partial charge in [-0.05, 0) is 41.5 Å². The molecule has 2 aromatic carbocycles. The molecular formula is C13H8BrFO. The van der Waals surface area contributed by atoms with Gasteiger partial charge < -0.3 is 0 Å². The summed E-state index contributed by atoms with van der Waals surface area (Å²) in [6.45, 7) is 0. The summed E-state index contributed by atoms with van der Waals surface area (Å²) in [5, 5.41) is 0. The minimum absolute atomic E-state index is 0.344. The predicted molar refractivity (Wildman–Crippen MR) is 64.9 cm³/mol. The molecule has 0 aliphatic carbocycles. The highest BCUT2D eigenvalue weighted by molar-refractivity contribution is 9.10. The molecule has 0 aliphatic heterocycles. The number of benzene rings is 2. The first-order valence-electron chi connectivity index (χ1n) is 4.71. The second-order valence-electron chi connectivity index (χ2n) is 3.36. The predicted octanol–water partition coefficient (Wildman–Crippen LogP) is 4.07. The number of carbonyl (C=O) groups excluding carboxylic acids is 1. The minimum atomic E-state index is -0.344. The van der Waals surface area contributed by atoms with E-state index in [0.717, 1.165) is 16.3 Å². The van der Waals surface area contributed by atoms with Gasteiger partial charge in [0.1, 0.15) is 5.82 Å². The van der Waals surface area contributed by atoms with Gasteiger partial charge in [-0.15, -0.1) is 0 Å². The van der Waals surface area contributed by atoms with E-state index < -0.39 is 0 Å². The zero-order valence-electron chi connectivity index (χ0n) is 8.28. The molecule has 0 N–H and O–H groups in total. The summed E-state index contributed by atoms with van der Waals surface area (Å²) in [6.07, 6.45) is 0.733. The fourth-order valence-corrected chi connectivity index (χ4v) is 1.78. The molecule has 2 aromatic rings. The van der Waals surface area contributed by atoms with Crippen molar-refractivity contribution in [2.24, 2.45) is 0 Å². The smallest absolute Gasteiger partial charge is 0.150 e. The topological polar surface area (TPSA) is 17.1 Å². The first-order chi connectivity index (χ1) is 7.70. The van der Waals surface area contributed by atoms with Crippen LogP contribution in [0.15, 0.2) is 46.9 Å². The molecule has 0 aliphatic rings. The van der Waals surface area contributed by atoms with E-state index in [0.29, 0.717) is 11.1 Å². The molecule has 0 unspecified atom stereocenters. The first-order valence-corrected chi connectivity index (χ1v) is 5.50. The number of rotatable bonds is 2. The monoisotopic (exact) mass is 278 g/mol. The lowest BCUT2D eigenvalue weighted by molar-refractivity contribution is 0.112. The molecule has 2 rings (SSSR count). The van der Waals surface area contributed by atoms with Crippen LogP contribution in [0.3, 0.4) is 0 Å². The van der Waals surface area contributed by atoms with Crippen molar-refractivity contribution < 1.29 is 9.18 Å². The van der Waals surface area contributed by atoms with E-state index >= 15 is 0 Å². The summed E-state index contributed by atoms with van der Waals surface area (Å²) in [4.78, 5) is 10.8. The zero-order chi connectivity index (χ0) is 11.5. The van der Waals surface area contributed by atoms with Crippen molar-refractivity contribution in [3.63, 3.8) is 0 Å². The van der Waals surface area contributed by atoms with Gasteiger partial charge in [0.15, 0.2) is 6.29 Å². The molecular weight excluding hydrogens is 271 g/mol. The van der Waals surface area contributed by atoms with Crippen molar-refractivity contribution in [3.05, 3.63) is 58.3 Å². The van der Waals surface area contributed by atoms with Gasteiger partial charge in [-0.1, -0.05) is 28.1 Å². The second kappa shape index (κ2) is 4.58. The van der Waals surface area contributed by atoms with Crippen molar-refractivity contribution >= 4 is 22.2 Å². The Kier molecular flexibility index (Phi) is 3.15. The van der Waals surface area contributed by atoms with Crippen LogP contribution < -0.4 is 0 Å². The van der Waals surface area contributed by atoms with E-state index in [4.69, 9.17) is 0 Å². The molecule has 0 atom stereocenters. The molecule has 0 saturated heterocycles. The van der Waals surface area contributed by atoms with E-state index in [9.17, 15) is 9.18 Å². The van der Waals surface area contributed by atoms with E-state index in [-0.39, 0.29) is 5.82 Å². The molecule has 0 radical (unpaired) electrons. The zero-order valence-corrected chi connectivity index (χ0v) is 9.87. The van der Waals surface area contributed by atoms with Crippen LogP contribution in [0.1, 0.15) is 10.4 Å². The third-order valence-electron chi connectivity index (χ3n) is 2.30. The van der Waals surface area contributed by atoms with Crippen LogP contribution in [0.5, 0.6) is 0 Å². The quantitative estimate of drug-likeness (QED) is 0.757. The number of halogens is 2. The number of hydrogen-bond acceptors (Lipinski definition) is 1. The SMILES string of the molecule is O=Cc1ccc(F)cc1-c1ccc(Br)cc1. The van der Waals surface area contributed by atoms with Crippen LogP contribution in [0.25, 0.3) is 11.1 Å². The molecule has 0 aromatic heterocycles. The largest absolute Gasteiger partial charge is 0.298 e. The van der Waals surface area contributed by atoms with Gasteiger partial charge in [-0.25, -0.2) is 4.39 Å². The van der Waals surface area contributed by atoms with E-state index in [2.05, 4.69) is 15.9 Å². The molecule has 0 bridgehead atoms. The molecule has 80 valence electrons. The summed E-state index contributed by atoms with van der Waals surface area (Å²) in [7, 11) is 0. The highest BCUT2D eigenvalue weighted by Crippen LogP contribution is 2.25. The molecule has 0 spiro atoms. The van der Waals surface area contributed by atoms with Gasteiger partial charge in [0.25, 0.3) is 0 Å². The van der Waals surface area contributed by atoms with E-state index in [1.807, 2.05) is 24.3 Å². The molecule has 3 heteroatoms. The molecule has 0 heterocycles. The number of carbonyl (C=O) groups is 1. The first kappa shape index (κ1) is 11.0. The fraction of sp³-hybridized carbons (Fsp3) is 0. The van der Waals surface area contributed by atoms with Crippen LogP contribution >= 0.6 is 15.9 Å². The Hall–Kier alpha value is -1.48. The van der Waals surface area contributed by atoms with Crippen LogP contribution in [-0.4, -0.2) is 6.29 Å². The Balaban J connectivity index is 2.57. The fourth-order valence-electron chi connectivity index (χ4n) is 1.51. The maximum absolute atomic E-state index is 13.1. The minimum Gasteiger partial charge on any atom is -0.298 e. The maximum Gasteiger partial charge on any atom is 0.150 e. The third-order valence-corrected chi connectivity index (χ3v) is 2.83. The van der Waals surface area contributed by atoms with Gasteiger partial charge >= 0.3 is 0 Å². The van der Waals surface area contributed by atoms with Crippen molar-refractivity contribution in [1.82, 2.24) is 0 Å². The Morgan fingerprint density at radius 2 is 1.75 bits per heavy atom. The average molecular weight is 279 g/mol. The van der Waals surface area contributed by atoms with Crippen LogP contribution in [0.2, 0.25) is 0 Å². The molecule has 0 amide bonds. The van der Waals surface area contributed by atoms with Crippen LogP contribution in [0, 0.1) is 5.82 Å². The third kappa shape index (κ3) is 2.19. The standard InChI is InChI=1S/C13H8BrFO/c14-11-4-1-9(2-5-11)13-7-12(15)6-3-10(13)8-16/h1-8H. The van der Waals surface area contributed by atoms with Gasteiger partial charge in [0, 0.05) is 10.0 Å². The molecule has 0 saturated carbocycles. The molecule has 16 heavy (non-hydrogen) atoms. The van der Waals surface area contributed by atoms with Crippen molar-refractivity contribution in [1.29, 1.82) is 0 Å². The normalized spacial score (nSPS) is 10.1. The second-order valence-corrected chi connectivity index (χ2v) is 4.27. The summed E-state index contributed by atoms with van der Waals surface area (Å²) in [5.74, 6) is -0.344. The van der Waals surface area contributed by atoms with Crippen LogP contribution in [-0.2, 0) is 0 Å². The number of aldehydes is 1. The van der Waals surface area contributed by atoms with Gasteiger partial charge in [-0.3, -0.25) is 4.79 Å². The lowest BCUT2D eigenvalue weighted by atomic mass is 10.0. The lowest BCUT2D eigenvalue weighted by Crippen LogP contribution is -1.88. The average Bonchev–Trinajstić information content (AvgIpc) is 2.30. The van der Waals surface area contributed by atoms with Crippen molar-refractivity contribution in [2.45, 2.75) is 0 Å². The van der Waals surface area contributed by atoms with Crippen molar-refractivity contribution in [3.8, 4) is 11.1 Å². The number of hydrogen-bond donors (Lipinski definition) is 0. The Bertz CT molecular complexity index is 520. The Labute approximate surface area is 101 Å². The van der Waals surface area contributed by atoms with Gasteiger partial charge in [-0.2, -0.15) is 0 Å². The highest BCUT2D eigenvalue weighted by Gasteiger charge is 2.05. The summed E-state index contributed by atoms with van der Waals surface area (Å²) >= 11 is 3.32. The Morgan fingerprint density at radius 3 is 2.38 bits per heavy atom. The van der Waals surface area contributed by atoms with Crippen LogP contribution in [0.4, 0.5) is 4.39 Å². The highest BCUT2D eigenvalue weighted by atomic mass is 79.9. The van der Waals surface area contributed by atoms with E-state index in [1.54, 1.807) is 0 Å². The van der Waals surface area contributed by atoms with Gasteiger partial charge in [0.2, 0.25) is 0 Å². The lowest BCUT2D eigenvalue weighted by Gasteiger charge is -2.05. The van der Waals surface area contributed by atoms with Crippen molar-refractivity contribution in [2.75, 3.05) is 0 Å².